The molecule has 1 heterocycles. The van der Waals surface area contributed by atoms with E-state index in [0.717, 1.165) is 17.1 Å². The summed E-state index contributed by atoms with van der Waals surface area (Å²) in [4.78, 5) is 0. The molecule has 0 saturated heterocycles. The second-order valence-corrected chi connectivity index (χ2v) is 4.94. The third kappa shape index (κ3) is 2.28. The summed E-state index contributed by atoms with van der Waals surface area (Å²) in [6.07, 6.45) is 2.58. The molecule has 1 unspecified atom stereocenters. The van der Waals surface area contributed by atoms with E-state index in [1.54, 1.807) is 6.20 Å². The number of aromatic nitrogens is 2. The van der Waals surface area contributed by atoms with Crippen molar-refractivity contribution >= 4 is 11.6 Å². The Bertz CT molecular complexity index is 296. The molecule has 0 bridgehead atoms. The molecule has 4 heteroatoms. The standard InChI is InChI=1S/C10H18ClN3/c1-7(12)5-10(2,3)9-8(11)6-13-14(9)4/h6-7H,5,12H2,1-4H3. The summed E-state index contributed by atoms with van der Waals surface area (Å²) >= 11 is 6.09. The number of halogens is 1. The molecule has 2 N–H and O–H groups in total. The normalized spacial score (nSPS) is 14.4. The van der Waals surface area contributed by atoms with Crippen LogP contribution >= 0.6 is 11.6 Å². The summed E-state index contributed by atoms with van der Waals surface area (Å²) < 4.78 is 1.82. The van der Waals surface area contributed by atoms with Crippen LogP contribution in [0.25, 0.3) is 0 Å². The third-order valence-corrected chi connectivity index (χ3v) is 2.64. The van der Waals surface area contributed by atoms with Gasteiger partial charge < -0.3 is 5.73 Å². The van der Waals surface area contributed by atoms with Crippen molar-refractivity contribution in [1.29, 1.82) is 0 Å². The van der Waals surface area contributed by atoms with Crippen molar-refractivity contribution in [2.75, 3.05) is 0 Å². The van der Waals surface area contributed by atoms with E-state index >= 15 is 0 Å². The lowest BCUT2D eigenvalue weighted by Gasteiger charge is -2.27. The Balaban J connectivity index is 3.02. The Hall–Kier alpha value is -0.540. The lowest BCUT2D eigenvalue weighted by molar-refractivity contribution is 0.408. The van der Waals surface area contributed by atoms with Crippen LogP contribution in [-0.4, -0.2) is 15.8 Å². The summed E-state index contributed by atoms with van der Waals surface area (Å²) in [5.74, 6) is 0. The maximum atomic E-state index is 6.09. The fraction of sp³-hybridized carbons (Fsp3) is 0.700. The molecule has 0 aliphatic heterocycles. The van der Waals surface area contributed by atoms with Crippen LogP contribution in [0.15, 0.2) is 6.20 Å². The van der Waals surface area contributed by atoms with E-state index < -0.39 is 0 Å². The Kier molecular flexibility index (Phi) is 3.22. The van der Waals surface area contributed by atoms with Gasteiger partial charge in [0.25, 0.3) is 0 Å². The van der Waals surface area contributed by atoms with Gasteiger partial charge >= 0.3 is 0 Å². The van der Waals surface area contributed by atoms with Gasteiger partial charge in [0.2, 0.25) is 0 Å². The molecule has 80 valence electrons. The number of hydrogen-bond acceptors (Lipinski definition) is 2. The van der Waals surface area contributed by atoms with Crippen molar-refractivity contribution in [2.24, 2.45) is 12.8 Å². The van der Waals surface area contributed by atoms with Crippen molar-refractivity contribution in [3.8, 4) is 0 Å². The first-order chi connectivity index (χ1) is 6.34. The van der Waals surface area contributed by atoms with Crippen LogP contribution in [-0.2, 0) is 12.5 Å². The van der Waals surface area contributed by atoms with E-state index in [9.17, 15) is 0 Å². The first kappa shape index (κ1) is 11.5. The second-order valence-electron chi connectivity index (χ2n) is 4.53. The molecule has 3 nitrogen and oxygen atoms in total. The highest BCUT2D eigenvalue weighted by Gasteiger charge is 2.27. The zero-order valence-electron chi connectivity index (χ0n) is 9.21. The molecular formula is C10H18ClN3. The van der Waals surface area contributed by atoms with Crippen molar-refractivity contribution < 1.29 is 0 Å². The fourth-order valence-corrected chi connectivity index (χ4v) is 2.50. The quantitative estimate of drug-likeness (QED) is 0.839. The van der Waals surface area contributed by atoms with Gasteiger partial charge in [0.1, 0.15) is 0 Å². The van der Waals surface area contributed by atoms with E-state index in [0.29, 0.717) is 0 Å². The fourth-order valence-electron chi connectivity index (χ4n) is 2.07. The Morgan fingerprint density at radius 2 is 2.21 bits per heavy atom. The molecule has 0 aliphatic rings. The zero-order valence-corrected chi connectivity index (χ0v) is 9.97. The molecule has 0 spiro atoms. The number of rotatable bonds is 3. The molecule has 0 aromatic carbocycles. The molecule has 0 aliphatic carbocycles. The molecule has 0 fully saturated rings. The van der Waals surface area contributed by atoms with Crippen molar-refractivity contribution in [1.82, 2.24) is 9.78 Å². The van der Waals surface area contributed by atoms with Gasteiger partial charge in [-0.25, -0.2) is 0 Å². The highest BCUT2D eigenvalue weighted by Crippen LogP contribution is 2.32. The monoisotopic (exact) mass is 215 g/mol. The molecule has 14 heavy (non-hydrogen) atoms. The van der Waals surface area contributed by atoms with Gasteiger partial charge in [-0.3, -0.25) is 4.68 Å². The van der Waals surface area contributed by atoms with Gasteiger partial charge in [-0.15, -0.1) is 0 Å². The second kappa shape index (κ2) is 3.91. The van der Waals surface area contributed by atoms with E-state index in [2.05, 4.69) is 18.9 Å². The van der Waals surface area contributed by atoms with E-state index in [1.807, 2.05) is 18.7 Å². The van der Waals surface area contributed by atoms with E-state index in [1.165, 1.54) is 0 Å². The maximum absolute atomic E-state index is 6.09. The average Bonchev–Trinajstić information content (AvgIpc) is 2.27. The SMILES string of the molecule is CC(N)CC(C)(C)c1c(Cl)cnn1C. The lowest BCUT2D eigenvalue weighted by atomic mass is 9.83. The summed E-state index contributed by atoms with van der Waals surface area (Å²) in [6.45, 7) is 6.28. The number of hydrogen-bond donors (Lipinski definition) is 1. The highest BCUT2D eigenvalue weighted by molar-refractivity contribution is 6.31. The average molecular weight is 216 g/mol. The number of nitrogens with two attached hydrogens (primary N) is 1. The smallest absolute Gasteiger partial charge is 0.0823 e. The molecule has 0 radical (unpaired) electrons. The summed E-state index contributed by atoms with van der Waals surface area (Å²) in [6, 6.07) is 0.163. The van der Waals surface area contributed by atoms with Crippen LogP contribution in [0.4, 0.5) is 0 Å². The molecular weight excluding hydrogens is 198 g/mol. The van der Waals surface area contributed by atoms with Crippen molar-refractivity contribution in [3.05, 3.63) is 16.9 Å². The Labute approximate surface area is 90.2 Å². The zero-order chi connectivity index (χ0) is 10.9. The van der Waals surface area contributed by atoms with Crippen LogP contribution in [0, 0.1) is 0 Å². The van der Waals surface area contributed by atoms with Gasteiger partial charge in [0, 0.05) is 18.5 Å². The first-order valence-electron chi connectivity index (χ1n) is 4.78. The minimum atomic E-state index is -0.0312. The minimum absolute atomic E-state index is 0.0312. The van der Waals surface area contributed by atoms with E-state index in [4.69, 9.17) is 17.3 Å². The number of nitrogens with zero attached hydrogens (tertiary/aromatic N) is 2. The maximum Gasteiger partial charge on any atom is 0.0823 e. The van der Waals surface area contributed by atoms with E-state index in [-0.39, 0.29) is 11.5 Å². The largest absolute Gasteiger partial charge is 0.328 e. The third-order valence-electron chi connectivity index (χ3n) is 2.37. The first-order valence-corrected chi connectivity index (χ1v) is 5.16. The minimum Gasteiger partial charge on any atom is -0.328 e. The predicted molar refractivity (Wildman–Crippen MR) is 59.5 cm³/mol. The van der Waals surface area contributed by atoms with Crippen LogP contribution < -0.4 is 5.73 Å². The van der Waals surface area contributed by atoms with Gasteiger partial charge in [-0.05, 0) is 13.3 Å². The van der Waals surface area contributed by atoms with Crippen molar-refractivity contribution in [2.45, 2.75) is 38.6 Å². The van der Waals surface area contributed by atoms with Gasteiger partial charge in [0.05, 0.1) is 16.9 Å². The molecule has 0 amide bonds. The Morgan fingerprint density at radius 3 is 2.57 bits per heavy atom. The lowest BCUT2D eigenvalue weighted by Crippen LogP contribution is -2.30. The molecule has 1 aromatic rings. The van der Waals surface area contributed by atoms with Crippen LogP contribution in [0.2, 0.25) is 5.02 Å². The molecule has 1 atom stereocenters. The van der Waals surface area contributed by atoms with Gasteiger partial charge in [-0.2, -0.15) is 5.10 Å². The van der Waals surface area contributed by atoms with Gasteiger partial charge in [-0.1, -0.05) is 25.4 Å². The van der Waals surface area contributed by atoms with Crippen LogP contribution in [0.3, 0.4) is 0 Å². The highest BCUT2D eigenvalue weighted by atomic mass is 35.5. The van der Waals surface area contributed by atoms with Crippen LogP contribution in [0.1, 0.15) is 32.9 Å². The van der Waals surface area contributed by atoms with Crippen LogP contribution in [0.5, 0.6) is 0 Å². The number of aryl methyl sites for hydroxylation is 1. The summed E-state index contributed by atoms with van der Waals surface area (Å²) in [7, 11) is 1.91. The Morgan fingerprint density at radius 1 is 1.64 bits per heavy atom. The molecule has 1 aromatic heterocycles. The molecule has 0 saturated carbocycles. The van der Waals surface area contributed by atoms with Gasteiger partial charge in [0.15, 0.2) is 0 Å². The summed E-state index contributed by atoms with van der Waals surface area (Å²) in [5, 5.41) is 4.85. The van der Waals surface area contributed by atoms with Crippen molar-refractivity contribution in [3.63, 3.8) is 0 Å². The predicted octanol–water partition coefficient (Wildman–Crippen LogP) is 2.09. The molecule has 1 rings (SSSR count). The topological polar surface area (TPSA) is 43.8 Å². The summed E-state index contributed by atoms with van der Waals surface area (Å²) in [5.41, 5.74) is 6.83.